The van der Waals surface area contributed by atoms with E-state index < -0.39 is 35.9 Å². The van der Waals surface area contributed by atoms with Crippen molar-refractivity contribution in [3.63, 3.8) is 0 Å². The Morgan fingerprint density at radius 1 is 1.08 bits per heavy atom. The van der Waals surface area contributed by atoms with Crippen molar-refractivity contribution in [3.8, 4) is 0 Å². The van der Waals surface area contributed by atoms with Gasteiger partial charge in [-0.3, -0.25) is 4.57 Å². The normalized spacial score (nSPS) is 22.5. The molecule has 3 heterocycles. The second kappa shape index (κ2) is 10.5. The first-order valence-electron chi connectivity index (χ1n) is 11.5. The number of carbonyl (C=O) groups excluding carboxylic acids is 2. The molecule has 0 radical (unpaired) electrons. The number of hydrogen-bond donors (Lipinski definition) is 0. The Kier molecular flexibility index (Phi) is 6.93. The number of imidazole rings is 1. The molecule has 4 atom stereocenters. The highest BCUT2D eigenvalue weighted by atomic mass is 35.5. The molecule has 1 aliphatic rings. The van der Waals surface area contributed by atoms with Gasteiger partial charge in [0.25, 0.3) is 0 Å². The third-order valence-electron chi connectivity index (χ3n) is 6.18. The quantitative estimate of drug-likeness (QED) is 0.110. The molecule has 0 amide bonds. The van der Waals surface area contributed by atoms with Crippen molar-refractivity contribution in [2.45, 2.75) is 30.9 Å². The van der Waals surface area contributed by atoms with Crippen LogP contribution in [0.15, 0.2) is 78.4 Å². The van der Waals surface area contributed by atoms with Crippen LogP contribution in [0, 0.1) is 0 Å². The zero-order chi connectivity index (χ0) is 26.7. The van der Waals surface area contributed by atoms with E-state index in [0.717, 1.165) is 0 Å². The van der Waals surface area contributed by atoms with Crippen molar-refractivity contribution in [1.29, 1.82) is 0 Å². The van der Waals surface area contributed by atoms with Gasteiger partial charge in [0.2, 0.25) is 0 Å². The Labute approximate surface area is 220 Å². The molecule has 0 aliphatic carbocycles. The molecule has 1 unspecified atom stereocenters. The molecule has 0 saturated carbocycles. The molecule has 38 heavy (non-hydrogen) atoms. The van der Waals surface area contributed by atoms with Crippen LogP contribution >= 0.6 is 11.6 Å². The fourth-order valence-corrected chi connectivity index (χ4v) is 4.51. The highest BCUT2D eigenvalue weighted by Crippen LogP contribution is 2.44. The number of azide groups is 1. The van der Waals surface area contributed by atoms with Gasteiger partial charge < -0.3 is 14.2 Å². The monoisotopic (exact) mass is 533 g/mol. The van der Waals surface area contributed by atoms with Crippen molar-refractivity contribution in [2.24, 2.45) is 5.11 Å². The number of nitrogens with zero attached hydrogens (tertiary/aromatic N) is 7. The summed E-state index contributed by atoms with van der Waals surface area (Å²) in [4.78, 5) is 41.2. The van der Waals surface area contributed by atoms with Gasteiger partial charge in [-0.15, -0.1) is 0 Å². The molecule has 1 fully saturated rings. The van der Waals surface area contributed by atoms with Gasteiger partial charge in [0.1, 0.15) is 36.2 Å². The Morgan fingerprint density at radius 3 is 2.39 bits per heavy atom. The second-order valence-corrected chi connectivity index (χ2v) is 8.95. The molecule has 4 aromatic rings. The Bertz CT molecular complexity index is 1530. The largest absolute Gasteiger partial charge is 0.459 e. The van der Waals surface area contributed by atoms with Crippen molar-refractivity contribution < 1.29 is 23.8 Å². The number of fused-ring (bicyclic) bond motifs is 1. The fraction of sp³-hybridized carbons (Fsp3) is 0.240. The topological polar surface area (TPSA) is 154 Å². The highest BCUT2D eigenvalue weighted by Gasteiger charge is 2.57. The van der Waals surface area contributed by atoms with Crippen molar-refractivity contribution >= 4 is 34.7 Å². The number of hydrogen-bond acceptors (Lipinski definition) is 9. The summed E-state index contributed by atoms with van der Waals surface area (Å²) in [7, 11) is 0. The molecule has 1 aliphatic heterocycles. The summed E-state index contributed by atoms with van der Waals surface area (Å²) >= 11 is 6.17. The van der Waals surface area contributed by atoms with Crippen LogP contribution in [0.2, 0.25) is 5.15 Å². The lowest BCUT2D eigenvalue weighted by Gasteiger charge is -2.30. The van der Waals surface area contributed by atoms with Gasteiger partial charge >= 0.3 is 11.9 Å². The van der Waals surface area contributed by atoms with Gasteiger partial charge in [-0.05, 0) is 36.7 Å². The maximum atomic E-state index is 13.1. The Morgan fingerprint density at radius 2 is 1.74 bits per heavy atom. The van der Waals surface area contributed by atoms with Gasteiger partial charge in [0, 0.05) is 4.91 Å². The lowest BCUT2D eigenvalue weighted by molar-refractivity contribution is -0.0569. The van der Waals surface area contributed by atoms with Crippen LogP contribution in [0.25, 0.3) is 21.6 Å². The van der Waals surface area contributed by atoms with Gasteiger partial charge in [0.05, 0.1) is 17.5 Å². The second-order valence-electron chi connectivity index (χ2n) is 8.59. The maximum absolute atomic E-state index is 13.1. The van der Waals surface area contributed by atoms with E-state index in [0.29, 0.717) is 16.7 Å². The van der Waals surface area contributed by atoms with Crippen LogP contribution < -0.4 is 0 Å². The van der Waals surface area contributed by atoms with Crippen molar-refractivity contribution in [1.82, 2.24) is 19.5 Å². The molecule has 0 N–H and O–H groups in total. The minimum absolute atomic E-state index is 0.123. The average Bonchev–Trinajstić information content (AvgIpc) is 3.48. The van der Waals surface area contributed by atoms with Crippen LogP contribution in [-0.2, 0) is 14.2 Å². The fourth-order valence-electron chi connectivity index (χ4n) is 4.33. The van der Waals surface area contributed by atoms with Crippen molar-refractivity contribution in [2.75, 3.05) is 6.61 Å². The summed E-state index contributed by atoms with van der Waals surface area (Å²) in [5.74, 6) is -1.26. The number of carbonyl (C=O) groups is 2. The molecule has 192 valence electrons. The first-order valence-corrected chi connectivity index (χ1v) is 11.8. The zero-order valence-electron chi connectivity index (χ0n) is 19.9. The maximum Gasteiger partial charge on any atom is 0.338 e. The van der Waals surface area contributed by atoms with Gasteiger partial charge in [-0.25, -0.2) is 24.5 Å². The van der Waals surface area contributed by atoms with E-state index in [1.807, 2.05) is 0 Å². The molecular formula is C25H20ClN7O5. The van der Waals surface area contributed by atoms with Crippen LogP contribution in [-0.4, -0.2) is 55.8 Å². The molecule has 2 aromatic heterocycles. The van der Waals surface area contributed by atoms with Crippen molar-refractivity contribution in [3.05, 3.63) is 100 Å². The van der Waals surface area contributed by atoms with Crippen LogP contribution in [0.3, 0.4) is 0 Å². The molecule has 0 spiro atoms. The van der Waals surface area contributed by atoms with E-state index >= 15 is 0 Å². The van der Waals surface area contributed by atoms with Gasteiger partial charge in [0.15, 0.2) is 17.0 Å². The number of halogens is 1. The van der Waals surface area contributed by atoms with E-state index in [1.54, 1.807) is 67.6 Å². The van der Waals surface area contributed by atoms with E-state index in [2.05, 4.69) is 25.0 Å². The molecule has 5 rings (SSSR count). The highest BCUT2D eigenvalue weighted by molar-refractivity contribution is 6.33. The summed E-state index contributed by atoms with van der Waals surface area (Å²) in [6, 6.07) is 16.7. The summed E-state index contributed by atoms with van der Waals surface area (Å²) in [5, 5.41) is 4.12. The lowest BCUT2D eigenvalue weighted by Crippen LogP contribution is -2.46. The Hall–Kier alpha value is -4.51. The van der Waals surface area contributed by atoms with Crippen LogP contribution in [0.4, 0.5) is 0 Å². The van der Waals surface area contributed by atoms with E-state index in [4.69, 9.17) is 25.8 Å². The predicted molar refractivity (Wildman–Crippen MR) is 134 cm³/mol. The van der Waals surface area contributed by atoms with Crippen LogP contribution in [0.1, 0.15) is 33.9 Å². The van der Waals surface area contributed by atoms with E-state index in [-0.39, 0.29) is 17.3 Å². The number of rotatable bonds is 7. The summed E-state index contributed by atoms with van der Waals surface area (Å²) in [6.45, 7) is 1.28. The number of benzene rings is 2. The molecule has 12 nitrogen and oxygen atoms in total. The number of ether oxygens (including phenoxy) is 3. The summed E-state index contributed by atoms with van der Waals surface area (Å²) < 4.78 is 19.2. The molecule has 0 bridgehead atoms. The van der Waals surface area contributed by atoms with E-state index in [1.165, 1.54) is 17.2 Å². The van der Waals surface area contributed by atoms with Gasteiger partial charge in [-0.1, -0.05) is 53.1 Å². The van der Waals surface area contributed by atoms with Gasteiger partial charge in [-0.2, -0.15) is 0 Å². The average molecular weight is 534 g/mol. The third-order valence-corrected chi connectivity index (χ3v) is 6.45. The molecule has 13 heteroatoms. The first-order chi connectivity index (χ1) is 18.4. The van der Waals surface area contributed by atoms with Crippen LogP contribution in [0.5, 0.6) is 0 Å². The number of esters is 2. The minimum atomic E-state index is -1.51. The van der Waals surface area contributed by atoms with E-state index in [9.17, 15) is 15.1 Å². The standard InChI is InChI=1S/C25H20ClN7O5/c1-25(31-32-27)19(38-23(35)16-10-6-3-7-11-16)17(12-36-22(34)15-8-4-2-5-9-15)37-24(25)33-14-30-18-20(26)28-13-29-21(18)33/h2-11,13-14,17,19,24H,12H2,1H3/t17-,19-,24?,25-/m1/s1. The third kappa shape index (κ3) is 4.63. The lowest BCUT2D eigenvalue weighted by atomic mass is 9.92. The first kappa shape index (κ1) is 25.2. The number of aromatic nitrogens is 4. The SMILES string of the molecule is C[C@]1(N=[N+]=[N-])C(n2cnc3c(Cl)ncnc32)O[C@H](COC(=O)c2ccccc2)[C@H]1OC(=O)c1ccccc1. The predicted octanol–water partition coefficient (Wildman–Crippen LogP) is 4.53. The summed E-state index contributed by atoms with van der Waals surface area (Å²) in [6.07, 6.45) is -0.548. The zero-order valence-corrected chi connectivity index (χ0v) is 20.7. The Balaban J connectivity index is 1.52. The smallest absolute Gasteiger partial charge is 0.338 e. The molecular weight excluding hydrogens is 514 g/mol. The molecule has 2 aromatic carbocycles. The molecule has 1 saturated heterocycles. The minimum Gasteiger partial charge on any atom is -0.459 e. The summed E-state index contributed by atoms with van der Waals surface area (Å²) in [5.41, 5.74) is 9.22.